The lowest BCUT2D eigenvalue weighted by atomic mass is 9.82. The number of nitro groups is 1. The van der Waals surface area contributed by atoms with E-state index in [1.165, 1.54) is 12.1 Å². The van der Waals surface area contributed by atoms with Gasteiger partial charge in [-0.3, -0.25) is 19.7 Å². The Labute approximate surface area is 157 Å². The summed E-state index contributed by atoms with van der Waals surface area (Å²) in [5.41, 5.74) is -0.560. The van der Waals surface area contributed by atoms with E-state index in [0.717, 1.165) is 5.69 Å². The number of carbonyl (C=O) groups is 2. The fourth-order valence-corrected chi connectivity index (χ4v) is 3.20. The van der Waals surface area contributed by atoms with E-state index in [0.29, 0.717) is 11.8 Å². The molecule has 0 saturated heterocycles. The summed E-state index contributed by atoms with van der Waals surface area (Å²) in [6.45, 7) is 0. The molecule has 0 aliphatic heterocycles. The van der Waals surface area contributed by atoms with Crippen molar-refractivity contribution in [2.24, 2.45) is 0 Å². The van der Waals surface area contributed by atoms with Crippen LogP contribution < -0.4 is 5.32 Å². The van der Waals surface area contributed by atoms with Gasteiger partial charge in [0.2, 0.25) is 5.75 Å². The molecule has 0 saturated carbocycles. The van der Waals surface area contributed by atoms with Crippen molar-refractivity contribution in [1.82, 2.24) is 0 Å². The first kappa shape index (κ1) is 17.2. The first-order chi connectivity index (χ1) is 13.4. The van der Waals surface area contributed by atoms with Crippen LogP contribution in [0.2, 0.25) is 0 Å². The van der Waals surface area contributed by atoms with Crippen molar-refractivity contribution in [3.05, 3.63) is 87.0 Å². The molecule has 1 aliphatic rings. The molecule has 0 atom stereocenters. The number of phenolic OH excluding ortho intramolecular Hbond substituents is 2. The number of rotatable bonds is 3. The van der Waals surface area contributed by atoms with Gasteiger partial charge in [-0.05, 0) is 30.3 Å². The fraction of sp³-hybridized carbons (Fsp3) is 0. The van der Waals surface area contributed by atoms with E-state index in [2.05, 4.69) is 5.32 Å². The molecule has 0 radical (unpaired) electrons. The number of para-hydroxylation sites is 1. The molecule has 0 amide bonds. The van der Waals surface area contributed by atoms with Crippen LogP contribution in [0.4, 0.5) is 17.1 Å². The number of ketones is 2. The Morgan fingerprint density at radius 2 is 1.50 bits per heavy atom. The monoisotopic (exact) mass is 376 g/mol. The first-order valence-corrected chi connectivity index (χ1v) is 8.17. The third-order valence-corrected chi connectivity index (χ3v) is 4.48. The molecule has 4 rings (SSSR count). The summed E-state index contributed by atoms with van der Waals surface area (Å²) in [5, 5.41) is 34.4. The highest BCUT2D eigenvalue weighted by Crippen LogP contribution is 2.43. The first-order valence-electron chi connectivity index (χ1n) is 8.17. The van der Waals surface area contributed by atoms with E-state index >= 15 is 0 Å². The SMILES string of the molecule is O=C1c2ccc(Nc3ccccc3)cc2C(=O)c2c(O)c([N+](=O)[O-])cc(O)c21. The number of aromatic hydroxyl groups is 2. The van der Waals surface area contributed by atoms with Crippen molar-refractivity contribution in [1.29, 1.82) is 0 Å². The van der Waals surface area contributed by atoms with Gasteiger partial charge in [0.25, 0.3) is 0 Å². The minimum atomic E-state index is -0.941. The Morgan fingerprint density at radius 3 is 2.18 bits per heavy atom. The minimum absolute atomic E-state index is 0.0198. The Morgan fingerprint density at radius 1 is 0.821 bits per heavy atom. The molecule has 0 aromatic heterocycles. The summed E-state index contributed by atoms with van der Waals surface area (Å²) in [7, 11) is 0. The molecule has 28 heavy (non-hydrogen) atoms. The van der Waals surface area contributed by atoms with E-state index in [1.807, 2.05) is 30.3 Å². The summed E-state index contributed by atoms with van der Waals surface area (Å²) < 4.78 is 0. The van der Waals surface area contributed by atoms with Gasteiger partial charge in [-0.15, -0.1) is 0 Å². The zero-order valence-corrected chi connectivity index (χ0v) is 14.2. The van der Waals surface area contributed by atoms with Gasteiger partial charge in [0.05, 0.1) is 22.1 Å². The largest absolute Gasteiger partial charge is 0.507 e. The highest BCUT2D eigenvalue weighted by molar-refractivity contribution is 6.30. The van der Waals surface area contributed by atoms with E-state index in [-0.39, 0.29) is 11.1 Å². The lowest BCUT2D eigenvalue weighted by Crippen LogP contribution is -2.21. The van der Waals surface area contributed by atoms with Crippen LogP contribution in [0, 0.1) is 10.1 Å². The molecule has 138 valence electrons. The molecule has 0 spiro atoms. The average Bonchev–Trinajstić information content (AvgIpc) is 2.68. The van der Waals surface area contributed by atoms with Gasteiger partial charge >= 0.3 is 5.69 Å². The second-order valence-corrected chi connectivity index (χ2v) is 6.18. The maximum atomic E-state index is 12.9. The van der Waals surface area contributed by atoms with Gasteiger partial charge in [-0.1, -0.05) is 18.2 Å². The van der Waals surface area contributed by atoms with Crippen molar-refractivity contribution in [3.63, 3.8) is 0 Å². The lowest BCUT2D eigenvalue weighted by molar-refractivity contribution is -0.386. The second-order valence-electron chi connectivity index (χ2n) is 6.18. The maximum Gasteiger partial charge on any atom is 0.315 e. The normalized spacial score (nSPS) is 12.3. The van der Waals surface area contributed by atoms with Gasteiger partial charge in [-0.25, -0.2) is 0 Å². The second kappa shape index (κ2) is 6.20. The quantitative estimate of drug-likeness (QED) is 0.283. The van der Waals surface area contributed by atoms with E-state index in [4.69, 9.17) is 0 Å². The molecule has 3 N–H and O–H groups in total. The highest BCUT2D eigenvalue weighted by Gasteiger charge is 2.38. The third kappa shape index (κ3) is 2.55. The maximum absolute atomic E-state index is 12.9. The Kier molecular flexibility index (Phi) is 3.82. The van der Waals surface area contributed by atoms with Crippen LogP contribution in [0.1, 0.15) is 31.8 Å². The zero-order valence-electron chi connectivity index (χ0n) is 14.2. The molecule has 0 heterocycles. The standard InChI is InChI=1S/C20H12N2O6/c23-15-9-14(22(27)28)20(26)17-16(15)18(24)12-7-6-11(8-13(12)19(17)25)21-10-4-2-1-3-5-10/h1-9,21,23,26H. The van der Waals surface area contributed by atoms with Crippen molar-refractivity contribution in [3.8, 4) is 11.5 Å². The van der Waals surface area contributed by atoms with Gasteiger partial charge in [0, 0.05) is 22.5 Å². The number of nitro benzene ring substituents is 1. The minimum Gasteiger partial charge on any atom is -0.507 e. The van der Waals surface area contributed by atoms with Crippen molar-refractivity contribution < 1.29 is 24.7 Å². The molecular formula is C20H12N2O6. The molecule has 0 unspecified atom stereocenters. The van der Waals surface area contributed by atoms with Crippen LogP contribution in [-0.2, 0) is 0 Å². The predicted octanol–water partition coefficient (Wildman–Crippen LogP) is 3.53. The molecule has 3 aromatic rings. The summed E-state index contributed by atoms with van der Waals surface area (Å²) in [5.74, 6) is -3.14. The molecule has 8 nitrogen and oxygen atoms in total. The molecular weight excluding hydrogens is 364 g/mol. The third-order valence-electron chi connectivity index (χ3n) is 4.48. The van der Waals surface area contributed by atoms with E-state index in [1.54, 1.807) is 6.07 Å². The summed E-state index contributed by atoms with van der Waals surface area (Å²) in [6, 6.07) is 14.3. The van der Waals surface area contributed by atoms with Crippen LogP contribution in [0.3, 0.4) is 0 Å². The Hall–Kier alpha value is -4.20. The number of hydrogen-bond donors (Lipinski definition) is 3. The lowest BCUT2D eigenvalue weighted by Gasteiger charge is -2.20. The number of benzene rings is 3. The number of nitrogens with one attached hydrogen (secondary N) is 1. The van der Waals surface area contributed by atoms with E-state index < -0.39 is 44.8 Å². The van der Waals surface area contributed by atoms with Crippen LogP contribution in [0.25, 0.3) is 0 Å². The average molecular weight is 376 g/mol. The number of carbonyl (C=O) groups excluding carboxylic acids is 2. The molecule has 3 aromatic carbocycles. The predicted molar refractivity (Wildman–Crippen MR) is 99.5 cm³/mol. The number of hydrogen-bond acceptors (Lipinski definition) is 7. The highest BCUT2D eigenvalue weighted by atomic mass is 16.6. The van der Waals surface area contributed by atoms with Gasteiger partial charge in [-0.2, -0.15) is 0 Å². The van der Waals surface area contributed by atoms with Crippen molar-refractivity contribution >= 4 is 28.6 Å². The molecule has 0 bridgehead atoms. The fourth-order valence-electron chi connectivity index (χ4n) is 3.20. The van der Waals surface area contributed by atoms with Crippen LogP contribution in [-0.4, -0.2) is 26.7 Å². The number of anilines is 2. The van der Waals surface area contributed by atoms with Gasteiger partial charge in [0.15, 0.2) is 11.6 Å². The summed E-state index contributed by atoms with van der Waals surface area (Å²) in [4.78, 5) is 35.8. The Bertz CT molecular complexity index is 1170. The number of fused-ring (bicyclic) bond motifs is 2. The summed E-state index contributed by atoms with van der Waals surface area (Å²) >= 11 is 0. The molecule has 0 fully saturated rings. The molecule has 8 heteroatoms. The van der Waals surface area contributed by atoms with Crippen molar-refractivity contribution in [2.45, 2.75) is 0 Å². The van der Waals surface area contributed by atoms with Crippen LogP contribution in [0.5, 0.6) is 11.5 Å². The van der Waals surface area contributed by atoms with Crippen LogP contribution in [0.15, 0.2) is 54.6 Å². The Balaban J connectivity index is 1.86. The van der Waals surface area contributed by atoms with Gasteiger partial charge in [0.1, 0.15) is 5.75 Å². The number of phenols is 2. The zero-order chi connectivity index (χ0) is 20.0. The number of nitrogens with zero attached hydrogens (tertiary/aromatic N) is 1. The van der Waals surface area contributed by atoms with Crippen LogP contribution >= 0.6 is 0 Å². The van der Waals surface area contributed by atoms with Gasteiger partial charge < -0.3 is 15.5 Å². The van der Waals surface area contributed by atoms with Crippen molar-refractivity contribution in [2.75, 3.05) is 5.32 Å². The summed E-state index contributed by atoms with van der Waals surface area (Å²) in [6.07, 6.45) is 0. The smallest absolute Gasteiger partial charge is 0.315 e. The topological polar surface area (TPSA) is 130 Å². The molecule has 1 aliphatic carbocycles. The van der Waals surface area contributed by atoms with E-state index in [9.17, 15) is 29.9 Å².